The standard InChI is InChI=1S/C12H16ClNO/c13-9-10-5-4-8-14(12(10)15)11-6-2-1-3-7-11/h4-5,8,11H,1-3,6-7,9H2. The largest absolute Gasteiger partial charge is 0.312 e. The van der Waals surface area contributed by atoms with E-state index in [1.807, 2.05) is 22.9 Å². The highest BCUT2D eigenvalue weighted by atomic mass is 35.5. The Bertz CT molecular complexity index is 379. The van der Waals surface area contributed by atoms with E-state index in [1.54, 1.807) is 0 Å². The number of hydrogen-bond acceptors (Lipinski definition) is 1. The summed E-state index contributed by atoms with van der Waals surface area (Å²) in [6.07, 6.45) is 7.94. The summed E-state index contributed by atoms with van der Waals surface area (Å²) >= 11 is 5.73. The molecule has 0 amide bonds. The number of halogens is 1. The second-order valence-electron chi connectivity index (χ2n) is 4.17. The van der Waals surface area contributed by atoms with Crippen LogP contribution >= 0.6 is 11.6 Å². The molecular formula is C12H16ClNO. The molecule has 1 fully saturated rings. The molecule has 0 saturated heterocycles. The first-order valence-corrected chi connectivity index (χ1v) is 6.12. The highest BCUT2D eigenvalue weighted by molar-refractivity contribution is 6.17. The maximum absolute atomic E-state index is 12.0. The Morgan fingerprint density at radius 2 is 2.07 bits per heavy atom. The Kier molecular flexibility index (Phi) is 3.47. The monoisotopic (exact) mass is 225 g/mol. The summed E-state index contributed by atoms with van der Waals surface area (Å²) in [5.41, 5.74) is 0.809. The first-order chi connectivity index (χ1) is 7.33. The summed E-state index contributed by atoms with van der Waals surface area (Å²) in [4.78, 5) is 12.0. The van der Waals surface area contributed by atoms with Gasteiger partial charge in [0.2, 0.25) is 0 Å². The molecule has 0 aromatic carbocycles. The van der Waals surface area contributed by atoms with E-state index >= 15 is 0 Å². The number of pyridine rings is 1. The normalized spacial score (nSPS) is 17.9. The molecule has 1 heterocycles. The van der Waals surface area contributed by atoms with Gasteiger partial charge in [-0.25, -0.2) is 0 Å². The summed E-state index contributed by atoms with van der Waals surface area (Å²) in [6, 6.07) is 4.14. The molecule has 15 heavy (non-hydrogen) atoms. The molecule has 0 bridgehead atoms. The lowest BCUT2D eigenvalue weighted by molar-refractivity contribution is 0.345. The maximum Gasteiger partial charge on any atom is 0.255 e. The number of rotatable bonds is 2. The van der Waals surface area contributed by atoms with Gasteiger partial charge in [0, 0.05) is 17.8 Å². The smallest absolute Gasteiger partial charge is 0.255 e. The van der Waals surface area contributed by atoms with Crippen molar-refractivity contribution in [3.05, 3.63) is 34.2 Å². The van der Waals surface area contributed by atoms with Crippen molar-refractivity contribution in [1.29, 1.82) is 0 Å². The fourth-order valence-electron chi connectivity index (χ4n) is 2.31. The van der Waals surface area contributed by atoms with Crippen molar-refractivity contribution < 1.29 is 0 Å². The van der Waals surface area contributed by atoms with Crippen LogP contribution in [0.3, 0.4) is 0 Å². The molecule has 0 spiro atoms. The van der Waals surface area contributed by atoms with Crippen molar-refractivity contribution >= 4 is 11.6 Å². The minimum Gasteiger partial charge on any atom is -0.312 e. The molecule has 2 nitrogen and oxygen atoms in total. The summed E-state index contributed by atoms with van der Waals surface area (Å²) in [5.74, 6) is 0.312. The van der Waals surface area contributed by atoms with Crippen LogP contribution in [0.5, 0.6) is 0 Å². The molecule has 1 aromatic rings. The molecule has 1 aromatic heterocycles. The molecule has 82 valence electrons. The van der Waals surface area contributed by atoms with Crippen LogP contribution in [0.15, 0.2) is 23.1 Å². The van der Waals surface area contributed by atoms with Crippen molar-refractivity contribution in [3.8, 4) is 0 Å². The van der Waals surface area contributed by atoms with Crippen LogP contribution < -0.4 is 5.56 Å². The number of nitrogens with zero attached hydrogens (tertiary/aromatic N) is 1. The van der Waals surface area contributed by atoms with Gasteiger partial charge >= 0.3 is 0 Å². The molecular weight excluding hydrogens is 210 g/mol. The van der Waals surface area contributed by atoms with E-state index in [1.165, 1.54) is 19.3 Å². The average molecular weight is 226 g/mol. The lowest BCUT2D eigenvalue weighted by atomic mass is 9.95. The van der Waals surface area contributed by atoms with Crippen molar-refractivity contribution in [2.24, 2.45) is 0 Å². The van der Waals surface area contributed by atoms with E-state index in [0.717, 1.165) is 12.8 Å². The van der Waals surface area contributed by atoms with Crippen molar-refractivity contribution in [3.63, 3.8) is 0 Å². The predicted octanol–water partition coefficient (Wildman–Crippen LogP) is 3.09. The molecule has 3 heteroatoms. The molecule has 1 aliphatic rings. The SMILES string of the molecule is O=c1c(CCl)cccn1C1CCCCC1. The first-order valence-electron chi connectivity index (χ1n) is 5.59. The molecule has 0 radical (unpaired) electrons. The van der Waals surface area contributed by atoms with E-state index < -0.39 is 0 Å². The van der Waals surface area contributed by atoms with Gasteiger partial charge in [0.1, 0.15) is 0 Å². The zero-order valence-electron chi connectivity index (χ0n) is 8.79. The molecule has 1 aliphatic carbocycles. The second-order valence-corrected chi connectivity index (χ2v) is 4.44. The Morgan fingerprint density at radius 1 is 1.33 bits per heavy atom. The Hall–Kier alpha value is -0.760. The number of aromatic nitrogens is 1. The molecule has 0 aliphatic heterocycles. The van der Waals surface area contributed by atoms with Crippen molar-refractivity contribution in [2.75, 3.05) is 0 Å². The van der Waals surface area contributed by atoms with Gasteiger partial charge in [-0.3, -0.25) is 4.79 Å². The summed E-state index contributed by atoms with van der Waals surface area (Å²) in [6.45, 7) is 0. The van der Waals surface area contributed by atoms with Crippen LogP contribution in [0.1, 0.15) is 43.7 Å². The van der Waals surface area contributed by atoms with Gasteiger partial charge in [-0.05, 0) is 18.9 Å². The van der Waals surface area contributed by atoms with Crippen LogP contribution in [0.2, 0.25) is 0 Å². The number of hydrogen-bond donors (Lipinski definition) is 0. The third-order valence-electron chi connectivity index (χ3n) is 3.17. The minimum atomic E-state index is 0.0967. The van der Waals surface area contributed by atoms with Gasteiger partial charge < -0.3 is 4.57 Å². The average Bonchev–Trinajstić information content (AvgIpc) is 2.30. The number of alkyl halides is 1. The zero-order chi connectivity index (χ0) is 10.7. The van der Waals surface area contributed by atoms with Gasteiger partial charge in [0.25, 0.3) is 5.56 Å². The summed E-state index contributed by atoms with van der Waals surface area (Å²) < 4.78 is 1.87. The Labute approximate surface area is 94.9 Å². The third kappa shape index (κ3) is 2.25. The predicted molar refractivity (Wildman–Crippen MR) is 62.4 cm³/mol. The Morgan fingerprint density at radius 3 is 2.73 bits per heavy atom. The fraction of sp³-hybridized carbons (Fsp3) is 0.583. The second kappa shape index (κ2) is 4.84. The van der Waals surface area contributed by atoms with E-state index in [4.69, 9.17) is 11.6 Å². The van der Waals surface area contributed by atoms with E-state index in [0.29, 0.717) is 17.5 Å². The molecule has 0 atom stereocenters. The van der Waals surface area contributed by atoms with Gasteiger partial charge in [-0.2, -0.15) is 0 Å². The third-order valence-corrected chi connectivity index (χ3v) is 3.45. The van der Waals surface area contributed by atoms with Gasteiger partial charge in [-0.1, -0.05) is 25.3 Å². The van der Waals surface area contributed by atoms with Crippen LogP contribution in [0.25, 0.3) is 0 Å². The van der Waals surface area contributed by atoms with Crippen LogP contribution in [-0.4, -0.2) is 4.57 Å². The van der Waals surface area contributed by atoms with Crippen LogP contribution in [0.4, 0.5) is 0 Å². The molecule has 1 saturated carbocycles. The van der Waals surface area contributed by atoms with Gasteiger partial charge in [0.15, 0.2) is 0 Å². The van der Waals surface area contributed by atoms with Crippen molar-refractivity contribution in [1.82, 2.24) is 4.57 Å². The Balaban J connectivity index is 2.30. The topological polar surface area (TPSA) is 22.0 Å². The summed E-state index contributed by atoms with van der Waals surface area (Å²) in [5, 5.41) is 0. The lowest BCUT2D eigenvalue weighted by Crippen LogP contribution is -2.27. The van der Waals surface area contributed by atoms with Crippen molar-refractivity contribution in [2.45, 2.75) is 44.0 Å². The minimum absolute atomic E-state index is 0.0967. The van der Waals surface area contributed by atoms with Crippen LogP contribution in [0, 0.1) is 0 Å². The van der Waals surface area contributed by atoms with E-state index in [9.17, 15) is 4.79 Å². The first kappa shape index (κ1) is 10.7. The molecule has 2 rings (SSSR count). The maximum atomic E-state index is 12.0. The zero-order valence-corrected chi connectivity index (χ0v) is 9.54. The molecule has 0 N–H and O–H groups in total. The highest BCUT2D eigenvalue weighted by Crippen LogP contribution is 2.26. The van der Waals surface area contributed by atoms with Crippen LogP contribution in [-0.2, 0) is 5.88 Å². The molecule has 0 unspecified atom stereocenters. The highest BCUT2D eigenvalue weighted by Gasteiger charge is 2.16. The fourth-order valence-corrected chi connectivity index (χ4v) is 2.51. The van der Waals surface area contributed by atoms with E-state index in [-0.39, 0.29) is 5.56 Å². The lowest BCUT2D eigenvalue weighted by Gasteiger charge is -2.24. The summed E-state index contributed by atoms with van der Waals surface area (Å²) in [7, 11) is 0. The van der Waals surface area contributed by atoms with Gasteiger partial charge in [0.05, 0.1) is 5.88 Å². The quantitative estimate of drug-likeness (QED) is 0.709. The van der Waals surface area contributed by atoms with E-state index in [2.05, 4.69) is 0 Å². The van der Waals surface area contributed by atoms with Gasteiger partial charge in [-0.15, -0.1) is 11.6 Å².